The molecule has 0 radical (unpaired) electrons. The SMILES string of the molecule is CCCCC(CC)c1ccc(C(=O)NC2CCCC2=O)cc1. The molecule has 2 atom stereocenters. The summed E-state index contributed by atoms with van der Waals surface area (Å²) in [5.41, 5.74) is 1.96. The first kappa shape index (κ1) is 16.7. The van der Waals surface area contributed by atoms with E-state index in [1.807, 2.05) is 12.1 Å². The van der Waals surface area contributed by atoms with Gasteiger partial charge in [-0.3, -0.25) is 9.59 Å². The van der Waals surface area contributed by atoms with Gasteiger partial charge in [-0.25, -0.2) is 0 Å². The fourth-order valence-electron chi connectivity index (χ4n) is 3.17. The molecular weight excluding hydrogens is 274 g/mol. The second kappa shape index (κ2) is 8.11. The van der Waals surface area contributed by atoms with Gasteiger partial charge >= 0.3 is 0 Å². The summed E-state index contributed by atoms with van der Waals surface area (Å²) in [5, 5.41) is 2.85. The third kappa shape index (κ3) is 4.19. The Morgan fingerprint density at radius 2 is 2.00 bits per heavy atom. The zero-order chi connectivity index (χ0) is 15.9. The van der Waals surface area contributed by atoms with E-state index in [-0.39, 0.29) is 17.7 Å². The number of amides is 1. The van der Waals surface area contributed by atoms with Gasteiger partial charge in [-0.05, 0) is 49.3 Å². The molecule has 3 nitrogen and oxygen atoms in total. The van der Waals surface area contributed by atoms with Crippen molar-refractivity contribution in [2.45, 2.75) is 70.8 Å². The van der Waals surface area contributed by atoms with Crippen molar-refractivity contribution in [3.05, 3.63) is 35.4 Å². The number of nitrogens with one attached hydrogen (secondary N) is 1. The van der Waals surface area contributed by atoms with Crippen LogP contribution in [0.15, 0.2) is 24.3 Å². The number of ketones is 1. The average molecular weight is 301 g/mol. The van der Waals surface area contributed by atoms with Crippen LogP contribution in [0.1, 0.15) is 80.6 Å². The maximum Gasteiger partial charge on any atom is 0.251 e. The predicted octanol–water partition coefficient (Wildman–Crippen LogP) is 4.22. The minimum Gasteiger partial charge on any atom is -0.342 e. The summed E-state index contributed by atoms with van der Waals surface area (Å²) in [7, 11) is 0. The van der Waals surface area contributed by atoms with E-state index in [4.69, 9.17) is 0 Å². The van der Waals surface area contributed by atoms with Gasteiger partial charge in [-0.1, -0.05) is 38.8 Å². The lowest BCUT2D eigenvalue weighted by molar-refractivity contribution is -0.118. The Balaban J connectivity index is 1.98. The molecule has 1 saturated carbocycles. The number of hydrogen-bond acceptors (Lipinski definition) is 2. The Bertz CT molecular complexity index is 507. The van der Waals surface area contributed by atoms with Gasteiger partial charge in [0.1, 0.15) is 0 Å². The van der Waals surface area contributed by atoms with E-state index in [0.29, 0.717) is 17.9 Å². The fraction of sp³-hybridized carbons (Fsp3) is 0.579. The maximum absolute atomic E-state index is 12.2. The number of rotatable bonds is 7. The summed E-state index contributed by atoms with van der Waals surface area (Å²) < 4.78 is 0. The summed E-state index contributed by atoms with van der Waals surface area (Å²) in [6.45, 7) is 4.43. The Morgan fingerprint density at radius 3 is 2.55 bits per heavy atom. The first-order valence-corrected chi connectivity index (χ1v) is 8.59. The topological polar surface area (TPSA) is 46.2 Å². The zero-order valence-electron chi connectivity index (χ0n) is 13.7. The Labute approximate surface area is 133 Å². The highest BCUT2D eigenvalue weighted by atomic mass is 16.2. The summed E-state index contributed by atoms with van der Waals surface area (Å²) >= 11 is 0. The van der Waals surface area contributed by atoms with Crippen molar-refractivity contribution in [3.63, 3.8) is 0 Å². The van der Waals surface area contributed by atoms with Crippen LogP contribution in [-0.4, -0.2) is 17.7 Å². The molecule has 0 bridgehead atoms. The molecule has 2 unspecified atom stereocenters. The van der Waals surface area contributed by atoms with E-state index in [9.17, 15) is 9.59 Å². The monoisotopic (exact) mass is 301 g/mol. The van der Waals surface area contributed by atoms with Crippen LogP contribution in [0.25, 0.3) is 0 Å². The smallest absolute Gasteiger partial charge is 0.251 e. The van der Waals surface area contributed by atoms with Gasteiger partial charge < -0.3 is 5.32 Å². The summed E-state index contributed by atoms with van der Waals surface area (Å²) in [4.78, 5) is 23.8. The normalized spacial score (nSPS) is 19.2. The van der Waals surface area contributed by atoms with Crippen molar-refractivity contribution in [2.24, 2.45) is 0 Å². The van der Waals surface area contributed by atoms with Crippen molar-refractivity contribution in [3.8, 4) is 0 Å². The number of Topliss-reactive ketones (excluding diaryl/α,β-unsaturated/α-hetero) is 1. The van der Waals surface area contributed by atoms with Crippen LogP contribution in [0.3, 0.4) is 0 Å². The minimum absolute atomic E-state index is 0.131. The molecule has 0 aliphatic heterocycles. The van der Waals surface area contributed by atoms with Crippen molar-refractivity contribution in [2.75, 3.05) is 0 Å². The highest BCUT2D eigenvalue weighted by Crippen LogP contribution is 2.25. The maximum atomic E-state index is 12.2. The van der Waals surface area contributed by atoms with Crippen molar-refractivity contribution in [1.82, 2.24) is 5.32 Å². The lowest BCUT2D eigenvalue weighted by Crippen LogP contribution is -2.37. The highest BCUT2D eigenvalue weighted by molar-refractivity contribution is 5.98. The Hall–Kier alpha value is -1.64. The third-order valence-electron chi connectivity index (χ3n) is 4.65. The van der Waals surface area contributed by atoms with Crippen molar-refractivity contribution < 1.29 is 9.59 Å². The van der Waals surface area contributed by atoms with Gasteiger partial charge in [-0.15, -0.1) is 0 Å². The van der Waals surface area contributed by atoms with E-state index < -0.39 is 0 Å². The quantitative estimate of drug-likeness (QED) is 0.819. The van der Waals surface area contributed by atoms with Crippen LogP contribution in [-0.2, 0) is 4.79 Å². The van der Waals surface area contributed by atoms with Crippen LogP contribution in [0.4, 0.5) is 0 Å². The van der Waals surface area contributed by atoms with Crippen molar-refractivity contribution in [1.29, 1.82) is 0 Å². The molecule has 2 rings (SSSR count). The lowest BCUT2D eigenvalue weighted by atomic mass is 9.91. The molecule has 1 aromatic rings. The Kier molecular flexibility index (Phi) is 6.17. The molecule has 0 heterocycles. The standard InChI is InChI=1S/C19H27NO2/c1-3-5-7-14(4-2)15-10-12-16(13-11-15)19(22)20-17-8-6-9-18(17)21/h10-14,17H,3-9H2,1-2H3,(H,20,22). The number of unbranched alkanes of at least 4 members (excludes halogenated alkanes) is 1. The van der Waals surface area contributed by atoms with Gasteiger partial charge in [0.25, 0.3) is 5.91 Å². The third-order valence-corrected chi connectivity index (χ3v) is 4.65. The molecule has 1 aliphatic carbocycles. The van der Waals surface area contributed by atoms with Crippen LogP contribution in [0.5, 0.6) is 0 Å². The first-order valence-electron chi connectivity index (χ1n) is 8.59. The summed E-state index contributed by atoms with van der Waals surface area (Å²) in [6.07, 6.45) is 7.05. The van der Waals surface area contributed by atoms with Crippen LogP contribution >= 0.6 is 0 Å². The van der Waals surface area contributed by atoms with Gasteiger partial charge in [-0.2, -0.15) is 0 Å². The molecule has 22 heavy (non-hydrogen) atoms. The number of carbonyl (C=O) groups excluding carboxylic acids is 2. The van der Waals surface area contributed by atoms with E-state index in [0.717, 1.165) is 19.3 Å². The molecule has 0 saturated heterocycles. The van der Waals surface area contributed by atoms with E-state index in [1.165, 1.54) is 24.8 Å². The molecular formula is C19H27NO2. The second-order valence-corrected chi connectivity index (χ2v) is 6.25. The lowest BCUT2D eigenvalue weighted by Gasteiger charge is -2.16. The summed E-state index contributed by atoms with van der Waals surface area (Å²) in [5.74, 6) is 0.609. The summed E-state index contributed by atoms with van der Waals surface area (Å²) in [6, 6.07) is 7.63. The number of hydrogen-bond donors (Lipinski definition) is 1. The van der Waals surface area contributed by atoms with Crippen LogP contribution < -0.4 is 5.32 Å². The predicted molar refractivity (Wildman–Crippen MR) is 89.1 cm³/mol. The number of benzene rings is 1. The number of carbonyl (C=O) groups is 2. The molecule has 0 spiro atoms. The zero-order valence-corrected chi connectivity index (χ0v) is 13.7. The van der Waals surface area contributed by atoms with Gasteiger partial charge in [0.2, 0.25) is 0 Å². The molecule has 1 N–H and O–H groups in total. The molecule has 3 heteroatoms. The molecule has 120 valence electrons. The first-order chi connectivity index (χ1) is 10.7. The van der Waals surface area contributed by atoms with Gasteiger partial charge in [0.15, 0.2) is 5.78 Å². The van der Waals surface area contributed by atoms with Crippen LogP contribution in [0, 0.1) is 0 Å². The minimum atomic E-state index is -0.278. The molecule has 0 aromatic heterocycles. The highest BCUT2D eigenvalue weighted by Gasteiger charge is 2.26. The van der Waals surface area contributed by atoms with E-state index >= 15 is 0 Å². The van der Waals surface area contributed by atoms with Crippen LogP contribution in [0.2, 0.25) is 0 Å². The molecule has 1 fully saturated rings. The fourth-order valence-corrected chi connectivity index (χ4v) is 3.17. The average Bonchev–Trinajstić information content (AvgIpc) is 2.94. The van der Waals surface area contributed by atoms with Crippen molar-refractivity contribution >= 4 is 11.7 Å². The second-order valence-electron chi connectivity index (χ2n) is 6.25. The molecule has 1 amide bonds. The largest absolute Gasteiger partial charge is 0.342 e. The van der Waals surface area contributed by atoms with E-state index in [2.05, 4.69) is 31.3 Å². The van der Waals surface area contributed by atoms with E-state index in [1.54, 1.807) is 0 Å². The molecule has 1 aromatic carbocycles. The van der Waals surface area contributed by atoms with Gasteiger partial charge in [0, 0.05) is 12.0 Å². The molecule has 1 aliphatic rings. The van der Waals surface area contributed by atoms with Gasteiger partial charge in [0.05, 0.1) is 6.04 Å². The Morgan fingerprint density at radius 1 is 1.27 bits per heavy atom.